The van der Waals surface area contributed by atoms with Crippen LogP contribution >= 0.6 is 11.8 Å². The molecule has 1 aromatic rings. The molecule has 1 atom stereocenters. The molecule has 4 nitrogen and oxygen atoms in total. The number of pyridine rings is 1. The first kappa shape index (κ1) is 18.0. The number of rotatable bonds is 6. The number of thioether (sulfide) groups is 1. The summed E-state index contributed by atoms with van der Waals surface area (Å²) in [4.78, 5) is 16.4. The summed E-state index contributed by atoms with van der Waals surface area (Å²) in [6.07, 6.45) is 1.85. The van der Waals surface area contributed by atoms with Gasteiger partial charge in [-0.1, -0.05) is 34.6 Å². The first-order valence-electron chi connectivity index (χ1n) is 7.30. The van der Waals surface area contributed by atoms with Crippen LogP contribution in [0.5, 0.6) is 0 Å². The molecule has 5 heteroatoms. The molecule has 0 radical (unpaired) electrons. The Hall–Kier alpha value is -1.07. The van der Waals surface area contributed by atoms with Crippen LogP contribution in [0, 0.1) is 5.92 Å². The number of amides is 1. The number of aliphatic hydroxyl groups is 1. The number of nitrogens with zero attached hydrogens (tertiary/aromatic N) is 1. The molecule has 1 rings (SSSR count). The van der Waals surface area contributed by atoms with Gasteiger partial charge in [-0.15, -0.1) is 11.8 Å². The van der Waals surface area contributed by atoms with Gasteiger partial charge in [0.25, 0.3) is 5.91 Å². The van der Waals surface area contributed by atoms with Crippen LogP contribution in [0.25, 0.3) is 0 Å². The molecule has 0 saturated carbocycles. The summed E-state index contributed by atoms with van der Waals surface area (Å²) >= 11 is 1.63. The Kier molecular flexibility index (Phi) is 6.68. The molecule has 2 N–H and O–H groups in total. The zero-order valence-corrected chi connectivity index (χ0v) is 14.3. The largest absolute Gasteiger partial charge is 0.393 e. The van der Waals surface area contributed by atoms with Crippen molar-refractivity contribution < 1.29 is 9.90 Å². The molecule has 21 heavy (non-hydrogen) atoms. The van der Waals surface area contributed by atoms with E-state index in [9.17, 15) is 9.90 Å². The molecule has 0 aliphatic rings. The van der Waals surface area contributed by atoms with Crippen LogP contribution in [0.4, 0.5) is 0 Å². The van der Waals surface area contributed by atoms with Gasteiger partial charge >= 0.3 is 0 Å². The van der Waals surface area contributed by atoms with Crippen LogP contribution in [0.1, 0.15) is 51.4 Å². The highest BCUT2D eigenvalue weighted by atomic mass is 32.2. The summed E-state index contributed by atoms with van der Waals surface area (Å²) in [6.45, 7) is 10.7. The Balaban J connectivity index is 2.56. The molecule has 0 aliphatic heterocycles. The van der Waals surface area contributed by atoms with E-state index in [1.54, 1.807) is 24.0 Å². The van der Waals surface area contributed by atoms with Gasteiger partial charge in [0.15, 0.2) is 0 Å². The van der Waals surface area contributed by atoms with Crippen molar-refractivity contribution >= 4 is 17.7 Å². The number of carbonyl (C=O) groups is 1. The number of hydrogen-bond acceptors (Lipinski definition) is 4. The van der Waals surface area contributed by atoms with Crippen LogP contribution in [-0.2, 0) is 0 Å². The summed E-state index contributed by atoms with van der Waals surface area (Å²) in [5.41, 5.74) is 0.607. The smallest absolute Gasteiger partial charge is 0.251 e. The minimum atomic E-state index is -0.380. The molecule has 0 aliphatic carbocycles. The van der Waals surface area contributed by atoms with E-state index < -0.39 is 0 Å². The number of hydrogen-bond donors (Lipinski definition) is 2. The molecule has 0 spiro atoms. The second-order valence-corrected chi connectivity index (χ2v) is 8.30. The quantitative estimate of drug-likeness (QED) is 0.793. The fourth-order valence-electron chi connectivity index (χ4n) is 1.69. The van der Waals surface area contributed by atoms with Crippen molar-refractivity contribution in [3.63, 3.8) is 0 Å². The van der Waals surface area contributed by atoms with Crippen molar-refractivity contribution in [1.29, 1.82) is 0 Å². The fourth-order valence-corrected chi connectivity index (χ4v) is 2.62. The molecule has 1 aromatic heterocycles. The van der Waals surface area contributed by atoms with E-state index in [4.69, 9.17) is 0 Å². The monoisotopic (exact) mass is 310 g/mol. The average molecular weight is 310 g/mol. The lowest BCUT2D eigenvalue weighted by Crippen LogP contribution is -2.28. The van der Waals surface area contributed by atoms with Gasteiger partial charge in [0.1, 0.15) is 0 Å². The Bertz CT molecular complexity index is 470. The van der Waals surface area contributed by atoms with E-state index in [2.05, 4.69) is 31.1 Å². The maximum atomic E-state index is 12.1. The average Bonchev–Trinajstić information content (AvgIpc) is 2.36. The summed E-state index contributed by atoms with van der Waals surface area (Å²) in [5.74, 6) is 0.0849. The zero-order valence-electron chi connectivity index (χ0n) is 13.5. The fraction of sp³-hybridized carbons (Fsp3) is 0.625. The van der Waals surface area contributed by atoms with Gasteiger partial charge in [-0.05, 0) is 24.5 Å². The number of carbonyl (C=O) groups excluding carboxylic acids is 1. The Morgan fingerprint density at radius 3 is 2.67 bits per heavy atom. The van der Waals surface area contributed by atoms with Crippen molar-refractivity contribution in [2.24, 2.45) is 5.92 Å². The second kappa shape index (κ2) is 7.80. The Morgan fingerprint density at radius 2 is 2.10 bits per heavy atom. The van der Waals surface area contributed by atoms with Crippen LogP contribution in [0.15, 0.2) is 23.4 Å². The maximum Gasteiger partial charge on any atom is 0.251 e. The van der Waals surface area contributed by atoms with E-state index in [-0.39, 0.29) is 22.7 Å². The highest BCUT2D eigenvalue weighted by molar-refractivity contribution is 8.00. The van der Waals surface area contributed by atoms with Gasteiger partial charge in [-0.2, -0.15) is 0 Å². The lowest BCUT2D eigenvalue weighted by atomic mass is 10.0. The molecular formula is C16H26N2O2S. The Labute approximate surface area is 131 Å². The highest BCUT2D eigenvalue weighted by Gasteiger charge is 2.15. The number of nitrogens with one attached hydrogen (secondary N) is 1. The van der Waals surface area contributed by atoms with Gasteiger partial charge in [0.05, 0.1) is 11.1 Å². The Morgan fingerprint density at radius 1 is 1.43 bits per heavy atom. The number of aromatic nitrogens is 1. The molecule has 1 heterocycles. The van der Waals surface area contributed by atoms with Gasteiger partial charge in [0.2, 0.25) is 0 Å². The third-order valence-corrected chi connectivity index (χ3v) is 3.95. The molecule has 1 unspecified atom stereocenters. The van der Waals surface area contributed by atoms with Crippen molar-refractivity contribution in [3.05, 3.63) is 23.9 Å². The normalized spacial score (nSPS) is 13.3. The molecule has 1 amide bonds. The maximum absolute atomic E-state index is 12.1. The first-order chi connectivity index (χ1) is 9.69. The zero-order chi connectivity index (χ0) is 16.0. The first-order valence-corrected chi connectivity index (χ1v) is 8.12. The molecule has 118 valence electrons. The van der Waals surface area contributed by atoms with Gasteiger partial charge < -0.3 is 10.4 Å². The van der Waals surface area contributed by atoms with Crippen LogP contribution in [-0.4, -0.2) is 33.4 Å². The topological polar surface area (TPSA) is 62.2 Å². The number of aliphatic hydroxyl groups excluding tert-OH is 1. The van der Waals surface area contributed by atoms with Gasteiger partial charge in [-0.3, -0.25) is 4.79 Å². The summed E-state index contributed by atoms with van der Waals surface area (Å²) < 4.78 is 0.0590. The second-order valence-electron chi connectivity index (χ2n) is 6.45. The standard InChI is InChI=1S/C16H26N2O2S/c1-11(2)13(19)7-9-18-15(20)12-6-8-17-14(10-12)21-16(3,4)5/h6,8,10-11,13,19H,7,9H2,1-5H3,(H,18,20). The SMILES string of the molecule is CC(C)C(O)CCNC(=O)c1ccnc(SC(C)(C)C)c1. The van der Waals surface area contributed by atoms with Crippen LogP contribution in [0.3, 0.4) is 0 Å². The van der Waals surface area contributed by atoms with E-state index in [0.29, 0.717) is 18.5 Å². The van der Waals surface area contributed by atoms with Crippen molar-refractivity contribution in [3.8, 4) is 0 Å². The molecule has 0 bridgehead atoms. The van der Waals surface area contributed by atoms with E-state index in [0.717, 1.165) is 5.03 Å². The highest BCUT2D eigenvalue weighted by Crippen LogP contribution is 2.30. The summed E-state index contributed by atoms with van der Waals surface area (Å²) in [6, 6.07) is 3.52. The van der Waals surface area contributed by atoms with E-state index in [1.807, 2.05) is 19.9 Å². The van der Waals surface area contributed by atoms with Crippen LogP contribution in [0.2, 0.25) is 0 Å². The minimum Gasteiger partial charge on any atom is -0.393 e. The molecular weight excluding hydrogens is 284 g/mol. The van der Waals surface area contributed by atoms with Crippen LogP contribution < -0.4 is 5.32 Å². The third kappa shape index (κ3) is 6.96. The van der Waals surface area contributed by atoms with Crippen molar-refractivity contribution in [1.82, 2.24) is 10.3 Å². The van der Waals surface area contributed by atoms with Gasteiger partial charge in [0, 0.05) is 23.1 Å². The lowest BCUT2D eigenvalue weighted by molar-refractivity contribution is 0.0920. The van der Waals surface area contributed by atoms with Gasteiger partial charge in [-0.25, -0.2) is 4.98 Å². The minimum absolute atomic E-state index is 0.0590. The molecule has 0 aromatic carbocycles. The van der Waals surface area contributed by atoms with E-state index in [1.165, 1.54) is 0 Å². The summed E-state index contributed by atoms with van der Waals surface area (Å²) in [7, 11) is 0. The predicted octanol–water partition coefficient (Wildman–Crippen LogP) is 3.11. The van der Waals surface area contributed by atoms with E-state index >= 15 is 0 Å². The predicted molar refractivity (Wildman–Crippen MR) is 87.6 cm³/mol. The van der Waals surface area contributed by atoms with Crippen molar-refractivity contribution in [2.75, 3.05) is 6.54 Å². The van der Waals surface area contributed by atoms with Crippen molar-refractivity contribution in [2.45, 2.75) is 56.9 Å². The third-order valence-electron chi connectivity index (χ3n) is 2.90. The lowest BCUT2D eigenvalue weighted by Gasteiger charge is -2.17. The molecule has 0 saturated heterocycles. The summed E-state index contributed by atoms with van der Waals surface area (Å²) in [5, 5.41) is 13.4. The molecule has 0 fully saturated rings.